The quantitative estimate of drug-likeness (QED) is 0.679. The zero-order chi connectivity index (χ0) is 19.5. The van der Waals surface area contributed by atoms with Crippen LogP contribution in [-0.2, 0) is 11.3 Å². The average Bonchev–Trinajstić information content (AvgIpc) is 3.15. The minimum Gasteiger partial charge on any atom is -0.454 e. The van der Waals surface area contributed by atoms with Gasteiger partial charge in [0.05, 0.1) is 0 Å². The number of carbonyl (C=O) groups is 1. The van der Waals surface area contributed by atoms with Gasteiger partial charge in [0, 0.05) is 11.3 Å². The van der Waals surface area contributed by atoms with Gasteiger partial charge in [-0.25, -0.2) is 0 Å². The Morgan fingerprint density at radius 3 is 2.57 bits per heavy atom. The van der Waals surface area contributed by atoms with Gasteiger partial charge in [-0.1, -0.05) is 12.1 Å². The fourth-order valence-corrected chi connectivity index (χ4v) is 3.96. The summed E-state index contributed by atoms with van der Waals surface area (Å²) < 4.78 is 10.9. The molecule has 0 spiro atoms. The van der Waals surface area contributed by atoms with Crippen molar-refractivity contribution in [3.8, 4) is 11.5 Å². The number of fused-ring (bicyclic) bond motifs is 1. The molecule has 3 N–H and O–H groups in total. The molecule has 0 aliphatic carbocycles. The number of rotatable bonds is 5. The van der Waals surface area contributed by atoms with E-state index in [4.69, 9.17) is 9.47 Å². The lowest BCUT2D eigenvalue weighted by Crippen LogP contribution is -3.28. The van der Waals surface area contributed by atoms with Crippen molar-refractivity contribution in [2.45, 2.75) is 20.4 Å². The predicted molar refractivity (Wildman–Crippen MR) is 107 cm³/mol. The first-order valence-electron chi connectivity index (χ1n) is 10.0. The Balaban J connectivity index is 1.25. The van der Waals surface area contributed by atoms with Crippen molar-refractivity contribution in [1.82, 2.24) is 0 Å². The topological polar surface area (TPSA) is 56.4 Å². The molecule has 0 radical (unpaired) electrons. The van der Waals surface area contributed by atoms with E-state index in [0.29, 0.717) is 13.3 Å². The Labute approximate surface area is 166 Å². The molecule has 2 heterocycles. The molecule has 0 bridgehead atoms. The Hall–Kier alpha value is -2.57. The van der Waals surface area contributed by atoms with Gasteiger partial charge in [-0.3, -0.25) is 4.79 Å². The number of benzene rings is 2. The number of hydrogen-bond donors (Lipinski definition) is 3. The highest BCUT2D eigenvalue weighted by Gasteiger charge is 2.25. The van der Waals surface area contributed by atoms with Gasteiger partial charge in [-0.2, -0.15) is 0 Å². The second-order valence-corrected chi connectivity index (χ2v) is 7.84. The zero-order valence-electron chi connectivity index (χ0n) is 16.6. The summed E-state index contributed by atoms with van der Waals surface area (Å²) in [6.45, 7) is 10.1. The summed E-state index contributed by atoms with van der Waals surface area (Å²) in [5.74, 6) is 1.79. The lowest BCUT2D eigenvalue weighted by atomic mass is 10.1. The van der Waals surface area contributed by atoms with Gasteiger partial charge in [0.2, 0.25) is 6.79 Å². The molecule has 0 atom stereocenters. The molecular weight excluding hydrogens is 354 g/mol. The zero-order valence-corrected chi connectivity index (χ0v) is 16.6. The van der Waals surface area contributed by atoms with Crippen LogP contribution in [0.3, 0.4) is 0 Å². The Morgan fingerprint density at radius 2 is 1.75 bits per heavy atom. The average molecular weight is 383 g/mol. The van der Waals surface area contributed by atoms with Gasteiger partial charge in [0.15, 0.2) is 18.0 Å². The van der Waals surface area contributed by atoms with E-state index in [2.05, 4.69) is 37.4 Å². The molecule has 0 saturated carbocycles. The minimum atomic E-state index is 0.0999. The first kappa shape index (κ1) is 18.8. The summed E-state index contributed by atoms with van der Waals surface area (Å²) >= 11 is 0. The third-order valence-corrected chi connectivity index (χ3v) is 5.84. The number of piperazine rings is 1. The van der Waals surface area contributed by atoms with Gasteiger partial charge in [0.1, 0.15) is 32.7 Å². The number of ether oxygens (including phenoxy) is 2. The normalized spacial score (nSPS) is 20.8. The highest BCUT2D eigenvalue weighted by molar-refractivity contribution is 5.92. The summed E-state index contributed by atoms with van der Waals surface area (Å²) in [7, 11) is 0. The molecule has 2 aromatic rings. The fourth-order valence-electron chi connectivity index (χ4n) is 3.96. The number of nitrogens with one attached hydrogen (secondary N) is 3. The second kappa shape index (κ2) is 8.20. The SMILES string of the molecule is Cc1cccc(NC(=O)C[NH+]2CC[NH+](Cc3ccc4c(c3)OCO4)CC2)c1C. The molecule has 148 valence electrons. The van der Waals surface area contributed by atoms with Crippen molar-refractivity contribution in [1.29, 1.82) is 0 Å². The smallest absolute Gasteiger partial charge is 0.279 e. The van der Waals surface area contributed by atoms with Crippen LogP contribution in [0, 0.1) is 13.8 Å². The van der Waals surface area contributed by atoms with Crippen LogP contribution in [0.4, 0.5) is 5.69 Å². The van der Waals surface area contributed by atoms with Crippen molar-refractivity contribution in [2.24, 2.45) is 0 Å². The van der Waals surface area contributed by atoms with E-state index in [1.54, 1.807) is 4.90 Å². The molecule has 4 rings (SSSR count). The predicted octanol–water partition coefficient (Wildman–Crippen LogP) is -0.0458. The van der Waals surface area contributed by atoms with Crippen LogP contribution in [-0.4, -0.2) is 45.4 Å². The maximum atomic E-state index is 12.5. The molecule has 2 aromatic carbocycles. The van der Waals surface area contributed by atoms with Crippen LogP contribution < -0.4 is 24.6 Å². The van der Waals surface area contributed by atoms with Crippen molar-refractivity contribution >= 4 is 11.6 Å². The van der Waals surface area contributed by atoms with Crippen LogP contribution in [0.5, 0.6) is 11.5 Å². The van der Waals surface area contributed by atoms with Gasteiger partial charge < -0.3 is 24.6 Å². The minimum absolute atomic E-state index is 0.0999. The van der Waals surface area contributed by atoms with Crippen LogP contribution in [0.2, 0.25) is 0 Å². The standard InChI is InChI=1S/C22H27N3O3/c1-16-4-3-5-19(17(16)2)23-22(26)14-25-10-8-24(9-11-25)13-18-6-7-20-21(12-18)28-15-27-20/h3-7,12H,8-11,13-15H2,1-2H3,(H,23,26)/p+2. The van der Waals surface area contributed by atoms with Crippen molar-refractivity contribution in [3.05, 3.63) is 53.1 Å². The van der Waals surface area contributed by atoms with E-state index in [0.717, 1.165) is 55.5 Å². The molecule has 1 fully saturated rings. The first-order chi connectivity index (χ1) is 13.6. The van der Waals surface area contributed by atoms with E-state index in [1.165, 1.54) is 16.0 Å². The van der Waals surface area contributed by atoms with E-state index in [9.17, 15) is 4.79 Å². The molecule has 2 aliphatic heterocycles. The van der Waals surface area contributed by atoms with E-state index < -0.39 is 0 Å². The maximum absolute atomic E-state index is 12.5. The van der Waals surface area contributed by atoms with Crippen LogP contribution in [0.25, 0.3) is 0 Å². The number of amides is 1. The van der Waals surface area contributed by atoms with Crippen molar-refractivity contribution in [3.63, 3.8) is 0 Å². The molecule has 0 aromatic heterocycles. The summed E-state index contributed by atoms with van der Waals surface area (Å²) in [5.41, 5.74) is 4.54. The van der Waals surface area contributed by atoms with Gasteiger partial charge in [0.25, 0.3) is 5.91 Å². The summed E-state index contributed by atoms with van der Waals surface area (Å²) in [4.78, 5) is 15.4. The largest absolute Gasteiger partial charge is 0.454 e. The van der Waals surface area contributed by atoms with Gasteiger partial charge in [-0.05, 0) is 49.2 Å². The highest BCUT2D eigenvalue weighted by Crippen LogP contribution is 2.32. The van der Waals surface area contributed by atoms with E-state index in [-0.39, 0.29) is 5.91 Å². The van der Waals surface area contributed by atoms with E-state index in [1.807, 2.05) is 18.2 Å². The summed E-state index contributed by atoms with van der Waals surface area (Å²) in [6.07, 6.45) is 0. The molecule has 6 nitrogen and oxygen atoms in total. The summed E-state index contributed by atoms with van der Waals surface area (Å²) in [6, 6.07) is 12.2. The number of anilines is 1. The van der Waals surface area contributed by atoms with Crippen LogP contribution in [0.1, 0.15) is 16.7 Å². The Kier molecular flexibility index (Phi) is 5.50. The molecular formula is C22H29N3O3+2. The summed E-state index contributed by atoms with van der Waals surface area (Å²) in [5, 5.41) is 3.08. The number of hydrogen-bond acceptors (Lipinski definition) is 3. The molecule has 2 aliphatic rings. The highest BCUT2D eigenvalue weighted by atomic mass is 16.7. The third-order valence-electron chi connectivity index (χ3n) is 5.84. The van der Waals surface area contributed by atoms with Gasteiger partial charge >= 0.3 is 0 Å². The lowest BCUT2D eigenvalue weighted by molar-refractivity contribution is -1.02. The Morgan fingerprint density at radius 1 is 1.00 bits per heavy atom. The first-order valence-corrected chi connectivity index (χ1v) is 10.0. The molecule has 1 saturated heterocycles. The van der Waals surface area contributed by atoms with Gasteiger partial charge in [-0.15, -0.1) is 0 Å². The maximum Gasteiger partial charge on any atom is 0.279 e. The number of quaternary nitrogens is 2. The number of carbonyl (C=O) groups excluding carboxylic acids is 1. The monoisotopic (exact) mass is 383 g/mol. The molecule has 28 heavy (non-hydrogen) atoms. The van der Waals surface area contributed by atoms with Crippen LogP contribution >= 0.6 is 0 Å². The molecule has 1 amide bonds. The Bertz CT molecular complexity index is 860. The van der Waals surface area contributed by atoms with E-state index >= 15 is 0 Å². The van der Waals surface area contributed by atoms with Crippen molar-refractivity contribution < 1.29 is 24.1 Å². The van der Waals surface area contributed by atoms with Crippen molar-refractivity contribution in [2.75, 3.05) is 44.8 Å². The molecule has 6 heteroatoms. The van der Waals surface area contributed by atoms with Crippen LogP contribution in [0.15, 0.2) is 36.4 Å². The third kappa shape index (κ3) is 4.29. The molecule has 0 unspecified atom stereocenters. The second-order valence-electron chi connectivity index (χ2n) is 7.84. The number of aryl methyl sites for hydroxylation is 1. The lowest BCUT2D eigenvalue weighted by Gasteiger charge is -2.29. The fraction of sp³-hybridized carbons (Fsp3) is 0.409.